The van der Waals surface area contributed by atoms with E-state index in [9.17, 15) is 4.79 Å². The number of fused-ring (bicyclic) bond motifs is 1. The number of carbonyl (C=O) groups excluding carboxylic acids is 1. The summed E-state index contributed by atoms with van der Waals surface area (Å²) in [6, 6.07) is 5.31. The lowest BCUT2D eigenvalue weighted by atomic mass is 10.1. The highest BCUT2D eigenvalue weighted by Gasteiger charge is 2.20. The SMILES string of the molecule is N#Cc1cc2c(cc1Cl)C(=O)CC2. The maximum atomic E-state index is 11.3. The highest BCUT2D eigenvalue weighted by atomic mass is 35.5. The molecule has 64 valence electrons. The van der Waals surface area contributed by atoms with Crippen LogP contribution in [0.25, 0.3) is 0 Å². The van der Waals surface area contributed by atoms with Gasteiger partial charge in [0.15, 0.2) is 5.78 Å². The van der Waals surface area contributed by atoms with Gasteiger partial charge in [-0.1, -0.05) is 11.6 Å². The van der Waals surface area contributed by atoms with Gasteiger partial charge in [-0.3, -0.25) is 4.79 Å². The first-order chi connectivity index (χ1) is 6.22. The van der Waals surface area contributed by atoms with Crippen molar-refractivity contribution in [2.45, 2.75) is 12.8 Å². The third-order valence-corrected chi connectivity index (χ3v) is 2.55. The summed E-state index contributed by atoms with van der Waals surface area (Å²) in [4.78, 5) is 11.3. The number of hydrogen-bond donors (Lipinski definition) is 0. The number of hydrogen-bond acceptors (Lipinski definition) is 2. The molecular formula is C10H6ClNO. The molecule has 1 aromatic rings. The van der Waals surface area contributed by atoms with Crippen molar-refractivity contribution in [3.8, 4) is 6.07 Å². The number of ketones is 1. The third-order valence-electron chi connectivity index (χ3n) is 2.24. The maximum Gasteiger partial charge on any atom is 0.163 e. The summed E-state index contributed by atoms with van der Waals surface area (Å²) in [6.45, 7) is 0. The van der Waals surface area contributed by atoms with Gasteiger partial charge in [0.05, 0.1) is 10.6 Å². The van der Waals surface area contributed by atoms with Gasteiger partial charge in [-0.25, -0.2) is 0 Å². The zero-order valence-corrected chi connectivity index (χ0v) is 7.56. The van der Waals surface area contributed by atoms with Crippen LogP contribution in [-0.2, 0) is 6.42 Å². The van der Waals surface area contributed by atoms with Gasteiger partial charge in [-0.15, -0.1) is 0 Å². The number of nitriles is 1. The second-order valence-corrected chi connectivity index (χ2v) is 3.43. The minimum absolute atomic E-state index is 0.126. The van der Waals surface area contributed by atoms with Gasteiger partial charge >= 0.3 is 0 Å². The molecule has 0 bridgehead atoms. The summed E-state index contributed by atoms with van der Waals surface area (Å²) < 4.78 is 0. The Balaban J connectivity index is 2.65. The zero-order valence-electron chi connectivity index (χ0n) is 6.80. The summed E-state index contributed by atoms with van der Waals surface area (Å²) in [5.41, 5.74) is 2.09. The first-order valence-corrected chi connectivity index (χ1v) is 4.36. The van der Waals surface area contributed by atoms with E-state index in [1.807, 2.05) is 6.07 Å². The molecule has 0 unspecified atom stereocenters. The summed E-state index contributed by atoms with van der Waals surface area (Å²) in [5.74, 6) is 0.126. The number of halogens is 1. The molecule has 0 saturated heterocycles. The standard InChI is InChI=1S/C10H6ClNO/c11-9-4-8-6(1-2-10(8)13)3-7(9)5-12/h3-4H,1-2H2. The van der Waals surface area contributed by atoms with E-state index in [1.54, 1.807) is 12.1 Å². The number of nitrogens with zero attached hydrogens (tertiary/aromatic N) is 1. The molecule has 0 spiro atoms. The fourth-order valence-electron chi connectivity index (χ4n) is 1.55. The zero-order chi connectivity index (χ0) is 9.42. The Bertz CT molecular complexity index is 431. The molecule has 0 heterocycles. The molecule has 1 aromatic carbocycles. The Morgan fingerprint density at radius 3 is 2.85 bits per heavy atom. The second-order valence-electron chi connectivity index (χ2n) is 3.02. The van der Waals surface area contributed by atoms with Crippen LogP contribution >= 0.6 is 11.6 Å². The van der Waals surface area contributed by atoms with Crippen LogP contribution in [0.5, 0.6) is 0 Å². The molecule has 0 saturated carbocycles. The van der Waals surface area contributed by atoms with E-state index in [0.717, 1.165) is 12.0 Å². The summed E-state index contributed by atoms with van der Waals surface area (Å²) >= 11 is 5.80. The van der Waals surface area contributed by atoms with Crippen LogP contribution in [0.2, 0.25) is 5.02 Å². The predicted molar refractivity (Wildman–Crippen MR) is 48.8 cm³/mol. The van der Waals surface area contributed by atoms with E-state index in [4.69, 9.17) is 16.9 Å². The highest BCUT2D eigenvalue weighted by molar-refractivity contribution is 6.32. The molecule has 0 aromatic heterocycles. The van der Waals surface area contributed by atoms with Crippen LogP contribution in [0.3, 0.4) is 0 Å². The lowest BCUT2D eigenvalue weighted by molar-refractivity contribution is 0.0994. The molecule has 0 atom stereocenters. The van der Waals surface area contributed by atoms with Gasteiger partial charge in [0.1, 0.15) is 6.07 Å². The lowest BCUT2D eigenvalue weighted by Crippen LogP contribution is -1.92. The van der Waals surface area contributed by atoms with Crippen molar-refractivity contribution in [3.05, 3.63) is 33.8 Å². The maximum absolute atomic E-state index is 11.3. The van der Waals surface area contributed by atoms with Crippen LogP contribution in [-0.4, -0.2) is 5.78 Å². The van der Waals surface area contributed by atoms with Crippen molar-refractivity contribution in [3.63, 3.8) is 0 Å². The fourth-order valence-corrected chi connectivity index (χ4v) is 1.76. The van der Waals surface area contributed by atoms with Gasteiger partial charge in [0, 0.05) is 12.0 Å². The molecule has 2 rings (SSSR count). The van der Waals surface area contributed by atoms with Crippen molar-refractivity contribution in [1.29, 1.82) is 5.26 Å². The average Bonchev–Trinajstić information content (AvgIpc) is 2.47. The molecule has 2 nitrogen and oxygen atoms in total. The Labute approximate surface area is 80.7 Å². The average molecular weight is 192 g/mol. The number of rotatable bonds is 0. The smallest absolute Gasteiger partial charge is 0.163 e. The first-order valence-electron chi connectivity index (χ1n) is 3.98. The van der Waals surface area contributed by atoms with Gasteiger partial charge in [0.25, 0.3) is 0 Å². The highest BCUT2D eigenvalue weighted by Crippen LogP contribution is 2.27. The minimum Gasteiger partial charge on any atom is -0.294 e. The van der Waals surface area contributed by atoms with Crippen molar-refractivity contribution < 1.29 is 4.79 Å². The Morgan fingerprint density at radius 2 is 2.15 bits per heavy atom. The summed E-state index contributed by atoms with van der Waals surface area (Å²) in [7, 11) is 0. The van der Waals surface area contributed by atoms with Crippen LogP contribution in [0.1, 0.15) is 27.9 Å². The fraction of sp³-hybridized carbons (Fsp3) is 0.200. The molecule has 13 heavy (non-hydrogen) atoms. The summed E-state index contributed by atoms with van der Waals surface area (Å²) in [5, 5.41) is 9.07. The normalized spacial score (nSPS) is 14.0. The Kier molecular flexibility index (Phi) is 1.82. The molecular weight excluding hydrogens is 186 g/mol. The molecule has 0 fully saturated rings. The lowest BCUT2D eigenvalue weighted by Gasteiger charge is -1.99. The molecule has 1 aliphatic carbocycles. The number of Topliss-reactive ketones (excluding diaryl/α,β-unsaturated/α-hetero) is 1. The molecule has 0 N–H and O–H groups in total. The molecule has 0 radical (unpaired) electrons. The van der Waals surface area contributed by atoms with E-state index >= 15 is 0 Å². The van der Waals surface area contributed by atoms with Gasteiger partial charge in [0.2, 0.25) is 0 Å². The number of aryl methyl sites for hydroxylation is 1. The third kappa shape index (κ3) is 1.22. The van der Waals surface area contributed by atoms with E-state index in [2.05, 4.69) is 0 Å². The van der Waals surface area contributed by atoms with E-state index < -0.39 is 0 Å². The van der Waals surface area contributed by atoms with E-state index in [-0.39, 0.29) is 5.78 Å². The van der Waals surface area contributed by atoms with E-state index in [1.165, 1.54) is 0 Å². The summed E-state index contributed by atoms with van der Waals surface area (Å²) in [6.07, 6.45) is 1.28. The van der Waals surface area contributed by atoms with Crippen LogP contribution in [0.4, 0.5) is 0 Å². The molecule has 1 aliphatic rings. The molecule has 3 heteroatoms. The quantitative estimate of drug-likeness (QED) is 0.632. The van der Waals surface area contributed by atoms with Crippen molar-refractivity contribution in [1.82, 2.24) is 0 Å². The van der Waals surface area contributed by atoms with Gasteiger partial charge < -0.3 is 0 Å². The Morgan fingerprint density at radius 1 is 1.38 bits per heavy atom. The van der Waals surface area contributed by atoms with Crippen LogP contribution < -0.4 is 0 Å². The van der Waals surface area contributed by atoms with Crippen LogP contribution in [0.15, 0.2) is 12.1 Å². The van der Waals surface area contributed by atoms with Gasteiger partial charge in [-0.2, -0.15) is 5.26 Å². The van der Waals surface area contributed by atoms with Crippen molar-refractivity contribution in [2.75, 3.05) is 0 Å². The van der Waals surface area contributed by atoms with Crippen molar-refractivity contribution in [2.24, 2.45) is 0 Å². The van der Waals surface area contributed by atoms with Crippen molar-refractivity contribution >= 4 is 17.4 Å². The Hall–Kier alpha value is -1.33. The minimum atomic E-state index is 0.126. The molecule has 0 amide bonds. The van der Waals surface area contributed by atoms with Gasteiger partial charge in [-0.05, 0) is 24.1 Å². The largest absolute Gasteiger partial charge is 0.294 e. The number of benzene rings is 1. The predicted octanol–water partition coefficient (Wildman–Crippen LogP) is 2.34. The molecule has 0 aliphatic heterocycles. The monoisotopic (exact) mass is 191 g/mol. The number of carbonyl (C=O) groups is 1. The topological polar surface area (TPSA) is 40.9 Å². The second kappa shape index (κ2) is 2.86. The van der Waals surface area contributed by atoms with Crippen LogP contribution in [0, 0.1) is 11.3 Å². The van der Waals surface area contributed by atoms with E-state index in [0.29, 0.717) is 22.6 Å². The first kappa shape index (κ1) is 8.28.